The molecule has 0 heterocycles. The van der Waals surface area contributed by atoms with E-state index in [-0.39, 0.29) is 12.5 Å². The van der Waals surface area contributed by atoms with Crippen molar-refractivity contribution in [2.45, 2.75) is 33.2 Å². The minimum absolute atomic E-state index is 0.155. The van der Waals surface area contributed by atoms with Crippen LogP contribution in [0.3, 0.4) is 0 Å². The molecule has 0 aromatic heterocycles. The van der Waals surface area contributed by atoms with Crippen molar-refractivity contribution in [3.05, 3.63) is 24.3 Å². The lowest BCUT2D eigenvalue weighted by molar-refractivity contribution is -0.143. The molecule has 1 amide bonds. The molecule has 0 saturated heterocycles. The van der Waals surface area contributed by atoms with Gasteiger partial charge in [0.05, 0.1) is 6.61 Å². The number of hydrogen-bond donors (Lipinski definition) is 2. The molecule has 22 heavy (non-hydrogen) atoms. The number of amides is 1. The number of aliphatic carboxylic acids is 1. The number of hydrogen-bond acceptors (Lipinski definition) is 4. The topological polar surface area (TPSA) is 84.9 Å². The summed E-state index contributed by atoms with van der Waals surface area (Å²) in [6, 6.07) is 6.11. The van der Waals surface area contributed by atoms with E-state index < -0.39 is 17.9 Å². The predicted molar refractivity (Wildman–Crippen MR) is 82.1 cm³/mol. The third-order valence-electron chi connectivity index (χ3n) is 3.30. The summed E-state index contributed by atoms with van der Waals surface area (Å²) in [5.74, 6) is -0.669. The molecule has 6 heteroatoms. The Morgan fingerprint density at radius 1 is 1.18 bits per heavy atom. The molecule has 1 aromatic carbocycles. The maximum atomic E-state index is 11.9. The first-order valence-electron chi connectivity index (χ1n) is 7.36. The Balaban J connectivity index is 2.60. The van der Waals surface area contributed by atoms with E-state index in [1.165, 1.54) is 0 Å². The molecule has 0 aliphatic heterocycles. The van der Waals surface area contributed by atoms with E-state index in [1.54, 1.807) is 31.2 Å². The van der Waals surface area contributed by atoms with Crippen LogP contribution >= 0.6 is 0 Å². The zero-order chi connectivity index (χ0) is 16.5. The van der Waals surface area contributed by atoms with Crippen molar-refractivity contribution in [1.29, 1.82) is 0 Å². The highest BCUT2D eigenvalue weighted by atomic mass is 16.5. The van der Waals surface area contributed by atoms with E-state index in [0.29, 0.717) is 24.5 Å². The molecule has 2 N–H and O–H groups in total. The lowest BCUT2D eigenvalue weighted by atomic mass is 9.99. The van der Waals surface area contributed by atoms with Crippen LogP contribution in [0.2, 0.25) is 0 Å². The number of carboxylic acid groups (broad SMARTS) is 1. The van der Waals surface area contributed by atoms with Crippen LogP contribution in [0.4, 0.5) is 0 Å². The van der Waals surface area contributed by atoms with E-state index in [2.05, 4.69) is 5.32 Å². The highest BCUT2D eigenvalue weighted by Gasteiger charge is 2.25. The Morgan fingerprint density at radius 2 is 1.77 bits per heavy atom. The van der Waals surface area contributed by atoms with Gasteiger partial charge < -0.3 is 19.9 Å². The number of nitrogens with one attached hydrogen (secondary N) is 1. The van der Waals surface area contributed by atoms with E-state index in [9.17, 15) is 9.59 Å². The van der Waals surface area contributed by atoms with Crippen LogP contribution in [0.1, 0.15) is 27.2 Å². The molecular formula is C16H23NO5. The first-order chi connectivity index (χ1) is 10.5. The maximum absolute atomic E-state index is 11.9. The Labute approximate surface area is 130 Å². The molecule has 0 aliphatic carbocycles. The summed E-state index contributed by atoms with van der Waals surface area (Å²) in [5, 5.41) is 11.6. The van der Waals surface area contributed by atoms with Crippen LogP contribution in [0.15, 0.2) is 24.3 Å². The number of benzene rings is 1. The van der Waals surface area contributed by atoms with E-state index in [0.717, 1.165) is 0 Å². The minimum Gasteiger partial charge on any atom is -0.490 e. The highest BCUT2D eigenvalue weighted by Crippen LogP contribution is 2.26. The quantitative estimate of drug-likeness (QED) is 0.729. The lowest BCUT2D eigenvalue weighted by Crippen LogP contribution is -2.46. The van der Waals surface area contributed by atoms with Gasteiger partial charge in [-0.05, 0) is 25.0 Å². The largest absolute Gasteiger partial charge is 0.490 e. The molecule has 2 unspecified atom stereocenters. The molecular weight excluding hydrogens is 286 g/mol. The molecule has 122 valence electrons. The summed E-state index contributed by atoms with van der Waals surface area (Å²) in [4.78, 5) is 23.1. The molecule has 0 saturated carbocycles. The number of ether oxygens (including phenoxy) is 2. The first kappa shape index (κ1) is 17.8. The first-order valence-corrected chi connectivity index (χ1v) is 7.36. The Kier molecular flexibility index (Phi) is 7.22. The van der Waals surface area contributed by atoms with Gasteiger partial charge in [-0.1, -0.05) is 32.4 Å². The molecule has 2 atom stereocenters. The fourth-order valence-electron chi connectivity index (χ4n) is 1.89. The zero-order valence-corrected chi connectivity index (χ0v) is 13.2. The van der Waals surface area contributed by atoms with Gasteiger partial charge in [0.25, 0.3) is 5.91 Å². The maximum Gasteiger partial charge on any atom is 0.326 e. The van der Waals surface area contributed by atoms with Gasteiger partial charge in [0, 0.05) is 0 Å². The number of carbonyl (C=O) groups excluding carboxylic acids is 1. The summed E-state index contributed by atoms with van der Waals surface area (Å²) in [6.07, 6.45) is 0.658. The zero-order valence-electron chi connectivity index (χ0n) is 13.2. The fraction of sp³-hybridized carbons (Fsp3) is 0.500. The minimum atomic E-state index is -1.04. The van der Waals surface area contributed by atoms with Crippen molar-refractivity contribution in [3.63, 3.8) is 0 Å². The summed E-state index contributed by atoms with van der Waals surface area (Å²) in [6.45, 7) is 5.74. The van der Waals surface area contributed by atoms with Crippen LogP contribution in [0, 0.1) is 5.92 Å². The standard InChI is InChI=1S/C16H23NO5/c1-4-11(3)15(16(19)20)17-14(18)10-22-13-9-7-6-8-12(13)21-5-2/h6-9,11,15H,4-5,10H2,1-3H3,(H,17,18)(H,19,20). The Hall–Kier alpha value is -2.24. The van der Waals surface area contributed by atoms with Gasteiger partial charge in [-0.15, -0.1) is 0 Å². The molecule has 0 radical (unpaired) electrons. The van der Waals surface area contributed by atoms with Crippen LogP contribution in [-0.2, 0) is 9.59 Å². The number of rotatable bonds is 9. The van der Waals surface area contributed by atoms with Gasteiger partial charge in [-0.2, -0.15) is 0 Å². The average Bonchev–Trinajstić information content (AvgIpc) is 2.51. The summed E-state index contributed by atoms with van der Waals surface area (Å²) >= 11 is 0. The van der Waals surface area contributed by atoms with Crippen molar-refractivity contribution >= 4 is 11.9 Å². The number of carboxylic acids is 1. The predicted octanol–water partition coefficient (Wildman–Crippen LogP) is 2.08. The van der Waals surface area contributed by atoms with Crippen molar-refractivity contribution in [2.75, 3.05) is 13.2 Å². The second kappa shape index (κ2) is 8.92. The third-order valence-corrected chi connectivity index (χ3v) is 3.30. The van der Waals surface area contributed by atoms with Crippen LogP contribution in [0.5, 0.6) is 11.5 Å². The molecule has 1 aromatic rings. The second-order valence-electron chi connectivity index (χ2n) is 4.94. The van der Waals surface area contributed by atoms with Crippen molar-refractivity contribution in [1.82, 2.24) is 5.32 Å². The average molecular weight is 309 g/mol. The van der Waals surface area contributed by atoms with Crippen LogP contribution in [0.25, 0.3) is 0 Å². The highest BCUT2D eigenvalue weighted by molar-refractivity contribution is 5.84. The molecule has 1 rings (SSSR count). The normalized spacial score (nSPS) is 13.0. The van der Waals surface area contributed by atoms with Crippen molar-refractivity contribution in [3.8, 4) is 11.5 Å². The molecule has 0 bridgehead atoms. The van der Waals surface area contributed by atoms with Gasteiger partial charge in [-0.3, -0.25) is 4.79 Å². The summed E-state index contributed by atoms with van der Waals surface area (Å²) in [7, 11) is 0. The van der Waals surface area contributed by atoms with Crippen molar-refractivity contribution in [2.24, 2.45) is 5.92 Å². The molecule has 6 nitrogen and oxygen atoms in total. The van der Waals surface area contributed by atoms with Gasteiger partial charge >= 0.3 is 5.97 Å². The Morgan fingerprint density at radius 3 is 2.27 bits per heavy atom. The number of para-hydroxylation sites is 2. The summed E-state index contributed by atoms with van der Waals surface area (Å²) < 4.78 is 10.8. The third kappa shape index (κ3) is 5.27. The molecule has 0 fully saturated rings. The molecule has 0 spiro atoms. The lowest BCUT2D eigenvalue weighted by Gasteiger charge is -2.20. The second-order valence-corrected chi connectivity index (χ2v) is 4.94. The molecule has 0 aliphatic rings. The number of carbonyl (C=O) groups is 2. The smallest absolute Gasteiger partial charge is 0.326 e. The monoisotopic (exact) mass is 309 g/mol. The SMILES string of the molecule is CCOc1ccccc1OCC(=O)NC(C(=O)O)C(C)CC. The van der Waals surface area contributed by atoms with Crippen molar-refractivity contribution < 1.29 is 24.2 Å². The van der Waals surface area contributed by atoms with E-state index in [1.807, 2.05) is 13.8 Å². The fourth-order valence-corrected chi connectivity index (χ4v) is 1.89. The van der Waals surface area contributed by atoms with Crippen LogP contribution in [-0.4, -0.2) is 36.2 Å². The van der Waals surface area contributed by atoms with E-state index >= 15 is 0 Å². The van der Waals surface area contributed by atoms with Crippen LogP contribution < -0.4 is 14.8 Å². The van der Waals surface area contributed by atoms with Gasteiger partial charge in [-0.25, -0.2) is 4.79 Å². The van der Waals surface area contributed by atoms with Gasteiger partial charge in [0.2, 0.25) is 0 Å². The van der Waals surface area contributed by atoms with E-state index in [4.69, 9.17) is 14.6 Å². The van der Waals surface area contributed by atoms with Gasteiger partial charge in [0.15, 0.2) is 18.1 Å². The summed E-state index contributed by atoms with van der Waals surface area (Å²) in [5.41, 5.74) is 0. The van der Waals surface area contributed by atoms with Gasteiger partial charge in [0.1, 0.15) is 6.04 Å². The Bertz CT molecular complexity index is 503.